The molecular formula is C12H17NO. The Morgan fingerprint density at radius 1 is 1.43 bits per heavy atom. The Hall–Kier alpha value is -1.02. The van der Waals surface area contributed by atoms with Crippen molar-refractivity contribution < 1.29 is 5.11 Å². The zero-order valence-corrected chi connectivity index (χ0v) is 8.80. The van der Waals surface area contributed by atoms with Crippen LogP contribution in [-0.4, -0.2) is 18.3 Å². The summed E-state index contributed by atoms with van der Waals surface area (Å²) in [6, 6.07) is 4.34. The van der Waals surface area contributed by atoms with E-state index in [-0.39, 0.29) is 6.61 Å². The lowest BCUT2D eigenvalue weighted by molar-refractivity contribution is 0.230. The first-order chi connectivity index (χ1) is 6.72. The number of nitrogens with one attached hydrogen (secondary N) is 1. The molecule has 1 unspecified atom stereocenters. The summed E-state index contributed by atoms with van der Waals surface area (Å²) in [4.78, 5) is 0. The van der Waals surface area contributed by atoms with Gasteiger partial charge in [-0.2, -0.15) is 0 Å². The minimum atomic E-state index is 0.277. The third kappa shape index (κ3) is 1.50. The van der Waals surface area contributed by atoms with Crippen molar-refractivity contribution >= 4 is 5.69 Å². The zero-order valence-electron chi connectivity index (χ0n) is 8.80. The van der Waals surface area contributed by atoms with Crippen molar-refractivity contribution in [1.82, 2.24) is 0 Å². The number of rotatable bonds is 1. The molecule has 0 spiro atoms. The lowest BCUT2D eigenvalue weighted by atomic mass is 9.91. The Balaban J connectivity index is 2.36. The first kappa shape index (κ1) is 9.53. The summed E-state index contributed by atoms with van der Waals surface area (Å²) < 4.78 is 0. The summed E-state index contributed by atoms with van der Waals surface area (Å²) >= 11 is 0. The molecule has 0 radical (unpaired) electrons. The molecule has 0 saturated carbocycles. The third-order valence-electron chi connectivity index (χ3n) is 3.16. The van der Waals surface area contributed by atoms with Crippen LogP contribution < -0.4 is 5.32 Å². The van der Waals surface area contributed by atoms with Crippen molar-refractivity contribution in [3.05, 3.63) is 28.8 Å². The maximum absolute atomic E-state index is 9.10. The van der Waals surface area contributed by atoms with Crippen LogP contribution in [0.25, 0.3) is 0 Å². The molecule has 2 rings (SSSR count). The highest BCUT2D eigenvalue weighted by Crippen LogP contribution is 2.29. The number of benzene rings is 1. The lowest BCUT2D eigenvalue weighted by Gasteiger charge is -2.26. The molecule has 1 aromatic carbocycles. The second-order valence-electron chi connectivity index (χ2n) is 4.18. The molecule has 14 heavy (non-hydrogen) atoms. The minimum absolute atomic E-state index is 0.277. The van der Waals surface area contributed by atoms with Crippen molar-refractivity contribution in [2.45, 2.75) is 20.3 Å². The van der Waals surface area contributed by atoms with Gasteiger partial charge in [-0.3, -0.25) is 0 Å². The molecule has 1 aromatic rings. The molecule has 0 bridgehead atoms. The lowest BCUT2D eigenvalue weighted by Crippen LogP contribution is -2.26. The van der Waals surface area contributed by atoms with Gasteiger partial charge in [0, 0.05) is 24.8 Å². The van der Waals surface area contributed by atoms with Gasteiger partial charge < -0.3 is 10.4 Å². The SMILES string of the molecule is Cc1ccc2c(c1C)NCC(CO)C2. The highest BCUT2D eigenvalue weighted by atomic mass is 16.3. The Labute approximate surface area is 85.0 Å². The molecule has 2 N–H and O–H groups in total. The Morgan fingerprint density at radius 3 is 2.93 bits per heavy atom. The van der Waals surface area contributed by atoms with Crippen molar-refractivity contribution in [2.75, 3.05) is 18.5 Å². The van der Waals surface area contributed by atoms with Crippen LogP contribution in [0.1, 0.15) is 16.7 Å². The van der Waals surface area contributed by atoms with Gasteiger partial charge in [0.2, 0.25) is 0 Å². The molecule has 0 aliphatic carbocycles. The first-order valence-electron chi connectivity index (χ1n) is 5.16. The first-order valence-corrected chi connectivity index (χ1v) is 5.16. The molecular weight excluding hydrogens is 174 g/mol. The van der Waals surface area contributed by atoms with Crippen molar-refractivity contribution in [2.24, 2.45) is 5.92 Å². The number of fused-ring (bicyclic) bond motifs is 1. The van der Waals surface area contributed by atoms with E-state index in [0.29, 0.717) is 5.92 Å². The standard InChI is InChI=1S/C12H17NO/c1-8-3-4-11-5-10(7-14)6-13-12(11)9(8)2/h3-4,10,13-14H,5-7H2,1-2H3. The van der Waals surface area contributed by atoms with Crippen LogP contribution in [0.2, 0.25) is 0 Å². The number of aryl methyl sites for hydroxylation is 1. The summed E-state index contributed by atoms with van der Waals surface area (Å²) in [7, 11) is 0. The van der Waals surface area contributed by atoms with E-state index in [1.54, 1.807) is 0 Å². The van der Waals surface area contributed by atoms with Crippen LogP contribution in [0, 0.1) is 19.8 Å². The van der Waals surface area contributed by atoms with E-state index in [1.165, 1.54) is 22.4 Å². The molecule has 0 aromatic heterocycles. The molecule has 1 heterocycles. The summed E-state index contributed by atoms with van der Waals surface area (Å²) in [5, 5.41) is 12.5. The molecule has 0 fully saturated rings. The minimum Gasteiger partial charge on any atom is -0.396 e. The highest BCUT2D eigenvalue weighted by molar-refractivity contribution is 5.61. The van der Waals surface area contributed by atoms with Crippen LogP contribution in [-0.2, 0) is 6.42 Å². The molecule has 0 amide bonds. The van der Waals surface area contributed by atoms with Crippen LogP contribution in [0.5, 0.6) is 0 Å². The predicted molar refractivity (Wildman–Crippen MR) is 58.7 cm³/mol. The average molecular weight is 191 g/mol. The fourth-order valence-electron chi connectivity index (χ4n) is 2.05. The van der Waals surface area contributed by atoms with Crippen LogP contribution in [0.4, 0.5) is 5.69 Å². The second-order valence-corrected chi connectivity index (χ2v) is 4.18. The van der Waals surface area contributed by atoms with E-state index in [9.17, 15) is 0 Å². The number of hydrogen-bond acceptors (Lipinski definition) is 2. The van der Waals surface area contributed by atoms with E-state index in [4.69, 9.17) is 5.11 Å². The van der Waals surface area contributed by atoms with E-state index >= 15 is 0 Å². The predicted octanol–water partition coefficient (Wildman–Crippen LogP) is 1.88. The van der Waals surface area contributed by atoms with Crippen LogP contribution >= 0.6 is 0 Å². The topological polar surface area (TPSA) is 32.3 Å². The Morgan fingerprint density at radius 2 is 2.21 bits per heavy atom. The molecule has 1 aliphatic rings. The summed E-state index contributed by atoms with van der Waals surface area (Å²) in [6.07, 6.45) is 1.000. The van der Waals surface area contributed by atoms with Crippen LogP contribution in [0.3, 0.4) is 0 Å². The molecule has 0 saturated heterocycles. The molecule has 1 atom stereocenters. The third-order valence-corrected chi connectivity index (χ3v) is 3.16. The van der Waals surface area contributed by atoms with Gasteiger partial charge in [0.15, 0.2) is 0 Å². The second kappa shape index (κ2) is 3.62. The maximum atomic E-state index is 9.10. The molecule has 2 heteroatoms. The molecule has 76 valence electrons. The van der Waals surface area contributed by atoms with Crippen molar-refractivity contribution in [3.8, 4) is 0 Å². The van der Waals surface area contributed by atoms with Gasteiger partial charge >= 0.3 is 0 Å². The van der Waals surface area contributed by atoms with E-state index < -0.39 is 0 Å². The fourth-order valence-corrected chi connectivity index (χ4v) is 2.05. The van der Waals surface area contributed by atoms with Gasteiger partial charge in [0.25, 0.3) is 0 Å². The zero-order chi connectivity index (χ0) is 10.1. The molecule has 1 aliphatic heterocycles. The van der Waals surface area contributed by atoms with Gasteiger partial charge in [-0.05, 0) is 37.0 Å². The van der Waals surface area contributed by atoms with Gasteiger partial charge in [-0.1, -0.05) is 12.1 Å². The van der Waals surface area contributed by atoms with Crippen molar-refractivity contribution in [3.63, 3.8) is 0 Å². The van der Waals surface area contributed by atoms with Crippen LogP contribution in [0.15, 0.2) is 12.1 Å². The smallest absolute Gasteiger partial charge is 0.0479 e. The fraction of sp³-hybridized carbons (Fsp3) is 0.500. The van der Waals surface area contributed by atoms with E-state index in [1.807, 2.05) is 0 Å². The van der Waals surface area contributed by atoms with Crippen molar-refractivity contribution in [1.29, 1.82) is 0 Å². The monoisotopic (exact) mass is 191 g/mol. The van der Waals surface area contributed by atoms with Gasteiger partial charge in [-0.15, -0.1) is 0 Å². The number of aliphatic hydroxyl groups is 1. The van der Waals surface area contributed by atoms with Gasteiger partial charge in [-0.25, -0.2) is 0 Å². The summed E-state index contributed by atoms with van der Waals surface area (Å²) in [6.45, 7) is 5.46. The number of hydrogen-bond donors (Lipinski definition) is 2. The number of anilines is 1. The quantitative estimate of drug-likeness (QED) is 0.710. The molecule has 2 nitrogen and oxygen atoms in total. The van der Waals surface area contributed by atoms with E-state index in [0.717, 1.165) is 13.0 Å². The highest BCUT2D eigenvalue weighted by Gasteiger charge is 2.18. The van der Waals surface area contributed by atoms with Gasteiger partial charge in [0.05, 0.1) is 0 Å². The maximum Gasteiger partial charge on any atom is 0.0479 e. The Bertz CT molecular complexity index is 346. The summed E-state index contributed by atoms with van der Waals surface area (Å²) in [5.74, 6) is 0.379. The van der Waals surface area contributed by atoms with Gasteiger partial charge in [0.1, 0.15) is 0 Å². The average Bonchev–Trinajstić information content (AvgIpc) is 2.23. The normalized spacial score (nSPS) is 20.1. The summed E-state index contributed by atoms with van der Waals surface area (Å²) in [5.41, 5.74) is 5.31. The van der Waals surface area contributed by atoms with E-state index in [2.05, 4.69) is 31.3 Å². The Kier molecular flexibility index (Phi) is 2.46. The largest absolute Gasteiger partial charge is 0.396 e. The number of aliphatic hydroxyl groups excluding tert-OH is 1.